The quantitative estimate of drug-likeness (QED) is 0.795. The van der Waals surface area contributed by atoms with Crippen LogP contribution in [0.3, 0.4) is 0 Å². The summed E-state index contributed by atoms with van der Waals surface area (Å²) in [6.07, 6.45) is 5.78. The van der Waals surface area contributed by atoms with Crippen LogP contribution in [0.5, 0.6) is 0 Å². The Bertz CT molecular complexity index is 495. The van der Waals surface area contributed by atoms with Gasteiger partial charge in [0, 0.05) is 31.2 Å². The van der Waals surface area contributed by atoms with Gasteiger partial charge in [-0.25, -0.2) is 0 Å². The van der Waals surface area contributed by atoms with Crippen molar-refractivity contribution < 1.29 is 0 Å². The standard InChI is InChI=1S/C16H21N3/c17-9-8-16(6-7-16)12-19(15-4-5-15)11-13-2-1-3-14(18)10-13/h1-3,10,15H,4-8,11-12,18H2. The molecule has 2 aliphatic rings. The normalized spacial score (nSPS) is 20.2. The number of rotatable bonds is 6. The average molecular weight is 255 g/mol. The van der Waals surface area contributed by atoms with Crippen LogP contribution in [0.25, 0.3) is 0 Å². The lowest BCUT2D eigenvalue weighted by Crippen LogP contribution is -2.32. The van der Waals surface area contributed by atoms with Gasteiger partial charge in [-0.1, -0.05) is 12.1 Å². The molecule has 0 aliphatic heterocycles. The van der Waals surface area contributed by atoms with Crippen LogP contribution in [-0.2, 0) is 6.54 Å². The maximum Gasteiger partial charge on any atom is 0.0628 e. The van der Waals surface area contributed by atoms with E-state index in [0.29, 0.717) is 11.8 Å². The van der Waals surface area contributed by atoms with Gasteiger partial charge in [-0.05, 0) is 48.8 Å². The summed E-state index contributed by atoms with van der Waals surface area (Å²) in [4.78, 5) is 2.57. The van der Waals surface area contributed by atoms with E-state index >= 15 is 0 Å². The first-order valence-corrected chi connectivity index (χ1v) is 7.16. The Balaban J connectivity index is 1.67. The first-order valence-electron chi connectivity index (χ1n) is 7.16. The predicted octanol–water partition coefficient (Wildman–Crippen LogP) is 2.93. The second kappa shape index (κ2) is 4.86. The summed E-state index contributed by atoms with van der Waals surface area (Å²) in [5, 5.41) is 8.95. The Hall–Kier alpha value is -1.53. The van der Waals surface area contributed by atoms with Crippen LogP contribution in [0.15, 0.2) is 24.3 Å². The van der Waals surface area contributed by atoms with Gasteiger partial charge in [-0.15, -0.1) is 0 Å². The lowest BCUT2D eigenvalue weighted by atomic mass is 10.0. The minimum absolute atomic E-state index is 0.303. The number of nitrogen functional groups attached to an aromatic ring is 1. The van der Waals surface area contributed by atoms with Crippen LogP contribution >= 0.6 is 0 Å². The summed E-state index contributed by atoms with van der Waals surface area (Å²) >= 11 is 0. The lowest BCUT2D eigenvalue weighted by Gasteiger charge is -2.26. The third-order valence-electron chi connectivity index (χ3n) is 4.35. The summed E-state index contributed by atoms with van der Waals surface area (Å²) in [7, 11) is 0. The topological polar surface area (TPSA) is 53.0 Å². The fraction of sp³-hybridized carbons (Fsp3) is 0.562. The number of anilines is 1. The molecule has 2 aliphatic carbocycles. The van der Waals surface area contributed by atoms with Crippen molar-refractivity contribution in [2.45, 2.75) is 44.7 Å². The van der Waals surface area contributed by atoms with Gasteiger partial charge in [-0.3, -0.25) is 4.90 Å². The van der Waals surface area contributed by atoms with Crippen molar-refractivity contribution in [2.24, 2.45) is 5.41 Å². The molecule has 0 atom stereocenters. The van der Waals surface area contributed by atoms with Crippen LogP contribution in [-0.4, -0.2) is 17.5 Å². The molecule has 0 saturated heterocycles. The maximum atomic E-state index is 8.95. The molecule has 0 spiro atoms. The molecule has 1 aromatic carbocycles. The van der Waals surface area contributed by atoms with Gasteiger partial charge in [0.05, 0.1) is 6.07 Å². The molecule has 0 amide bonds. The number of nitrogens with two attached hydrogens (primary N) is 1. The van der Waals surface area contributed by atoms with Crippen molar-refractivity contribution >= 4 is 5.69 Å². The third-order valence-corrected chi connectivity index (χ3v) is 4.35. The van der Waals surface area contributed by atoms with Crippen LogP contribution in [0, 0.1) is 16.7 Å². The SMILES string of the molecule is N#CCC1(CN(Cc2cccc(N)c2)C2CC2)CC1. The number of hydrogen-bond donors (Lipinski definition) is 1. The zero-order chi connectivity index (χ0) is 13.3. The van der Waals surface area contributed by atoms with Crippen molar-refractivity contribution in [1.29, 1.82) is 5.26 Å². The Kier molecular flexibility index (Phi) is 3.20. The highest BCUT2D eigenvalue weighted by Crippen LogP contribution is 2.50. The maximum absolute atomic E-state index is 8.95. The molecule has 3 nitrogen and oxygen atoms in total. The highest BCUT2D eigenvalue weighted by molar-refractivity contribution is 5.40. The van der Waals surface area contributed by atoms with Crippen molar-refractivity contribution in [3.63, 3.8) is 0 Å². The van der Waals surface area contributed by atoms with E-state index in [2.05, 4.69) is 23.1 Å². The molecule has 19 heavy (non-hydrogen) atoms. The zero-order valence-electron chi connectivity index (χ0n) is 11.3. The van der Waals surface area contributed by atoms with Gasteiger partial charge in [0.25, 0.3) is 0 Å². The second-order valence-electron chi connectivity index (χ2n) is 6.22. The van der Waals surface area contributed by atoms with E-state index < -0.39 is 0 Å². The molecule has 2 saturated carbocycles. The number of hydrogen-bond acceptors (Lipinski definition) is 3. The van der Waals surface area contributed by atoms with Gasteiger partial charge in [0.1, 0.15) is 0 Å². The third kappa shape index (κ3) is 3.08. The van der Waals surface area contributed by atoms with Gasteiger partial charge >= 0.3 is 0 Å². The van der Waals surface area contributed by atoms with Crippen molar-refractivity contribution in [3.05, 3.63) is 29.8 Å². The highest BCUT2D eigenvalue weighted by Gasteiger charge is 2.45. The Labute approximate surface area is 115 Å². The molecule has 2 fully saturated rings. The summed E-state index contributed by atoms with van der Waals surface area (Å²) in [5.41, 5.74) is 8.29. The molecule has 0 bridgehead atoms. The van der Waals surface area contributed by atoms with Gasteiger partial charge < -0.3 is 5.73 Å². The first-order chi connectivity index (χ1) is 9.21. The summed E-state index contributed by atoms with van der Waals surface area (Å²) in [6, 6.07) is 11.3. The molecular weight excluding hydrogens is 234 g/mol. The predicted molar refractivity (Wildman–Crippen MR) is 76.2 cm³/mol. The van der Waals surface area contributed by atoms with Crippen LogP contribution < -0.4 is 5.73 Å². The highest BCUT2D eigenvalue weighted by atomic mass is 15.2. The molecule has 0 unspecified atom stereocenters. The molecular formula is C16H21N3. The van der Waals surface area contributed by atoms with Crippen LogP contribution in [0.4, 0.5) is 5.69 Å². The van der Waals surface area contributed by atoms with Gasteiger partial charge in [-0.2, -0.15) is 5.26 Å². The van der Waals surface area contributed by atoms with E-state index in [1.165, 1.54) is 31.2 Å². The Morgan fingerprint density at radius 2 is 2.16 bits per heavy atom. The van der Waals surface area contributed by atoms with E-state index in [4.69, 9.17) is 11.0 Å². The Morgan fingerprint density at radius 3 is 2.74 bits per heavy atom. The fourth-order valence-electron chi connectivity index (χ4n) is 2.85. The molecule has 3 heteroatoms. The van der Waals surface area contributed by atoms with Crippen molar-refractivity contribution in [3.8, 4) is 6.07 Å². The molecule has 0 aromatic heterocycles. The van der Waals surface area contributed by atoms with Crippen molar-refractivity contribution in [2.75, 3.05) is 12.3 Å². The largest absolute Gasteiger partial charge is 0.399 e. The zero-order valence-corrected chi connectivity index (χ0v) is 11.3. The number of nitrogens with zero attached hydrogens (tertiary/aromatic N) is 2. The van der Waals surface area contributed by atoms with E-state index in [1.54, 1.807) is 0 Å². The minimum Gasteiger partial charge on any atom is -0.399 e. The van der Waals surface area contributed by atoms with Gasteiger partial charge in [0.15, 0.2) is 0 Å². The molecule has 0 heterocycles. The van der Waals surface area contributed by atoms with E-state index in [0.717, 1.165) is 24.8 Å². The summed E-state index contributed by atoms with van der Waals surface area (Å²) in [6.45, 7) is 2.06. The van der Waals surface area contributed by atoms with Gasteiger partial charge in [0.2, 0.25) is 0 Å². The fourth-order valence-corrected chi connectivity index (χ4v) is 2.85. The van der Waals surface area contributed by atoms with Crippen LogP contribution in [0.1, 0.15) is 37.7 Å². The first kappa shape index (κ1) is 12.5. The minimum atomic E-state index is 0.303. The van der Waals surface area contributed by atoms with Crippen molar-refractivity contribution in [1.82, 2.24) is 4.90 Å². The number of benzene rings is 1. The van der Waals surface area contributed by atoms with Crippen LogP contribution in [0.2, 0.25) is 0 Å². The van der Waals surface area contributed by atoms with E-state index in [9.17, 15) is 0 Å². The van der Waals surface area contributed by atoms with E-state index in [1.807, 2.05) is 12.1 Å². The average Bonchev–Trinajstić information content (AvgIpc) is 3.24. The number of nitriles is 1. The summed E-state index contributed by atoms with van der Waals surface area (Å²) < 4.78 is 0. The monoisotopic (exact) mass is 255 g/mol. The lowest BCUT2D eigenvalue weighted by molar-refractivity contribution is 0.203. The molecule has 0 radical (unpaired) electrons. The molecule has 3 rings (SSSR count). The van der Waals surface area contributed by atoms with E-state index in [-0.39, 0.29) is 0 Å². The second-order valence-corrected chi connectivity index (χ2v) is 6.22. The summed E-state index contributed by atoms with van der Waals surface area (Å²) in [5.74, 6) is 0. The molecule has 100 valence electrons. The Morgan fingerprint density at radius 1 is 1.37 bits per heavy atom. The smallest absolute Gasteiger partial charge is 0.0628 e. The molecule has 1 aromatic rings. The molecule has 2 N–H and O–H groups in total.